The Kier molecular flexibility index (Phi) is 8.64. The van der Waals surface area contributed by atoms with Crippen molar-refractivity contribution in [2.45, 2.75) is 25.9 Å². The maximum atomic E-state index is 12.9. The number of alkyl halides is 2. The first-order valence-corrected chi connectivity index (χ1v) is 7.45. The van der Waals surface area contributed by atoms with Crippen molar-refractivity contribution in [1.29, 1.82) is 0 Å². The van der Waals surface area contributed by atoms with Gasteiger partial charge in [-0.25, -0.2) is 0 Å². The summed E-state index contributed by atoms with van der Waals surface area (Å²) >= 11 is 0. The molecular formula is C18H13F4NO3U. The van der Waals surface area contributed by atoms with Crippen LogP contribution >= 0.6 is 0 Å². The van der Waals surface area contributed by atoms with Gasteiger partial charge in [0.2, 0.25) is 0 Å². The predicted octanol–water partition coefficient (Wildman–Crippen LogP) is 4.44. The van der Waals surface area contributed by atoms with Gasteiger partial charge >= 0.3 is 37.2 Å². The second-order valence-corrected chi connectivity index (χ2v) is 5.34. The first-order valence-electron chi connectivity index (χ1n) is 7.45. The van der Waals surface area contributed by atoms with E-state index in [-0.39, 0.29) is 61.0 Å². The van der Waals surface area contributed by atoms with Crippen molar-refractivity contribution >= 4 is 11.6 Å². The Hall–Kier alpha value is -1.72. The van der Waals surface area contributed by atoms with Crippen LogP contribution in [0.5, 0.6) is 5.75 Å². The van der Waals surface area contributed by atoms with Gasteiger partial charge in [0.15, 0.2) is 5.78 Å². The number of carbonyl (C=O) groups excluding carboxylic acids is 2. The van der Waals surface area contributed by atoms with Gasteiger partial charge in [0.25, 0.3) is 0 Å². The molecule has 0 aliphatic carbocycles. The van der Waals surface area contributed by atoms with E-state index in [0.29, 0.717) is 5.56 Å². The summed E-state index contributed by atoms with van der Waals surface area (Å²) in [6.07, 6.45) is -6.85. The van der Waals surface area contributed by atoms with Gasteiger partial charge in [-0.15, -0.1) is 12.1 Å². The zero-order chi connectivity index (χ0) is 19.3. The van der Waals surface area contributed by atoms with Crippen LogP contribution in [0.2, 0.25) is 0 Å². The molecule has 0 atom stereocenters. The topological polar surface area (TPSA) is 56.3 Å². The molecule has 27 heavy (non-hydrogen) atoms. The summed E-state index contributed by atoms with van der Waals surface area (Å²) in [6.45, 7) is 1.71. The number of benzene rings is 1. The van der Waals surface area contributed by atoms with Crippen LogP contribution in [0.3, 0.4) is 0 Å². The standard InChI is InChI=1S/C18H13F4NO3.U/c1-11-4-3-9-23-16(11)15(25)8-7-14(24)12-5-2-6-13(10-12)26-18(21,22)17(19)20;/h2-5,9-10H,7-8H2,1H3;/q-2;+2. The summed E-state index contributed by atoms with van der Waals surface area (Å²) in [5.41, 5.74) is 0.861. The fourth-order valence-electron chi connectivity index (χ4n) is 2.12. The van der Waals surface area contributed by atoms with Crippen LogP contribution in [0.4, 0.5) is 17.6 Å². The number of carbonyl (C=O) groups is 2. The molecule has 2 aromatic rings. The average molecular weight is 605 g/mol. The van der Waals surface area contributed by atoms with Gasteiger partial charge in [0.05, 0.1) is 0 Å². The molecule has 1 aromatic heterocycles. The molecular weight excluding hydrogens is 592 g/mol. The van der Waals surface area contributed by atoms with Gasteiger partial charge in [0.1, 0.15) is 17.9 Å². The van der Waals surface area contributed by atoms with E-state index < -0.39 is 24.1 Å². The third kappa shape index (κ3) is 6.44. The molecule has 0 N–H and O–H groups in total. The normalized spacial score (nSPS) is 11.0. The second kappa shape index (κ2) is 10.00. The fourth-order valence-corrected chi connectivity index (χ4v) is 2.12. The minimum absolute atomic E-state index is 0. The van der Waals surface area contributed by atoms with Gasteiger partial charge < -0.3 is 13.5 Å². The molecule has 2 rings (SSSR count). The van der Waals surface area contributed by atoms with E-state index in [9.17, 15) is 27.2 Å². The van der Waals surface area contributed by atoms with Crippen LogP contribution in [0.15, 0.2) is 36.5 Å². The van der Waals surface area contributed by atoms with E-state index in [1.807, 2.05) is 0 Å². The third-order valence-electron chi connectivity index (χ3n) is 3.41. The molecule has 0 unspecified atom stereocenters. The Bertz CT molecular complexity index is 815. The number of aryl methyl sites for hydroxylation is 1. The van der Waals surface area contributed by atoms with Crippen molar-refractivity contribution in [2.24, 2.45) is 0 Å². The molecule has 0 saturated carbocycles. The molecule has 0 aliphatic rings. The van der Waals surface area contributed by atoms with E-state index in [1.165, 1.54) is 12.3 Å². The summed E-state index contributed by atoms with van der Waals surface area (Å²) < 4.78 is 53.8. The largest absolute Gasteiger partial charge is 2.00 e. The Morgan fingerprint density at radius 2 is 1.89 bits per heavy atom. The zero-order valence-corrected chi connectivity index (χ0v) is 18.2. The number of Topliss-reactive ketones (excluding diaryl/α,β-unsaturated/α-hetero) is 2. The van der Waals surface area contributed by atoms with Crippen LogP contribution in [-0.4, -0.2) is 22.7 Å². The third-order valence-corrected chi connectivity index (χ3v) is 3.41. The van der Waals surface area contributed by atoms with E-state index >= 15 is 0 Å². The quantitative estimate of drug-likeness (QED) is 0.254. The van der Waals surface area contributed by atoms with E-state index in [4.69, 9.17) is 0 Å². The maximum absolute atomic E-state index is 12.9. The Labute approximate surface area is 176 Å². The number of rotatable bonds is 8. The summed E-state index contributed by atoms with van der Waals surface area (Å²) in [6, 6.07) is 8.81. The number of halogens is 4. The Morgan fingerprint density at radius 1 is 1.22 bits per heavy atom. The van der Waals surface area contributed by atoms with Crippen LogP contribution in [0.25, 0.3) is 0 Å². The molecule has 140 valence electrons. The number of nitrogens with zero attached hydrogens (tertiary/aromatic N) is 1. The summed E-state index contributed by atoms with van der Waals surface area (Å²) in [5.74, 6) is -1.57. The molecule has 0 spiro atoms. The van der Waals surface area contributed by atoms with Crippen molar-refractivity contribution in [3.8, 4) is 5.75 Å². The van der Waals surface area contributed by atoms with Crippen molar-refractivity contribution in [1.82, 2.24) is 4.98 Å². The number of ether oxygens (including phenoxy) is 1. The zero-order valence-electron chi connectivity index (χ0n) is 14.1. The second-order valence-electron chi connectivity index (χ2n) is 5.34. The van der Waals surface area contributed by atoms with Gasteiger partial charge in [-0.05, 0) is 18.6 Å². The first kappa shape index (κ1) is 23.3. The molecule has 0 aliphatic heterocycles. The van der Waals surface area contributed by atoms with Crippen molar-refractivity contribution in [3.63, 3.8) is 0 Å². The minimum atomic E-state index is -4.77. The molecule has 0 bridgehead atoms. The smallest absolute Gasteiger partial charge is 0.480 e. The Morgan fingerprint density at radius 3 is 2.52 bits per heavy atom. The van der Waals surface area contributed by atoms with Gasteiger partial charge in [-0.3, -0.25) is 14.6 Å². The minimum Gasteiger partial charge on any atom is -0.480 e. The van der Waals surface area contributed by atoms with Crippen molar-refractivity contribution in [2.75, 3.05) is 0 Å². The predicted molar refractivity (Wildman–Crippen MR) is 83.2 cm³/mol. The molecule has 0 saturated heterocycles. The summed E-state index contributed by atoms with van der Waals surface area (Å²) in [5, 5.41) is 0. The molecule has 0 radical (unpaired) electrons. The van der Waals surface area contributed by atoms with Gasteiger partial charge in [-0.1, -0.05) is 11.6 Å². The SMILES string of the molecule is Cc1cccnc1C(=O)CCC(=O)c1cc[c-]c(OC(F)(F)[C-](F)F)c1.[U+2]. The van der Waals surface area contributed by atoms with Crippen LogP contribution in [0, 0.1) is 50.5 Å². The van der Waals surface area contributed by atoms with Crippen molar-refractivity contribution in [3.05, 3.63) is 65.8 Å². The molecule has 9 heteroatoms. The molecule has 0 amide bonds. The number of ketones is 2. The number of pyridine rings is 1. The number of hydrogen-bond acceptors (Lipinski definition) is 4. The summed E-state index contributed by atoms with van der Waals surface area (Å²) in [4.78, 5) is 28.2. The Balaban J connectivity index is 0.00000364. The van der Waals surface area contributed by atoms with Crippen LogP contribution < -0.4 is 4.74 Å². The fraction of sp³-hybridized carbons (Fsp3) is 0.222. The molecule has 0 fully saturated rings. The van der Waals surface area contributed by atoms with E-state index in [1.54, 1.807) is 19.1 Å². The first-order chi connectivity index (χ1) is 12.2. The van der Waals surface area contributed by atoms with Gasteiger partial charge in [0, 0.05) is 24.8 Å². The molecule has 1 aromatic carbocycles. The van der Waals surface area contributed by atoms with E-state index in [2.05, 4.69) is 15.8 Å². The van der Waals surface area contributed by atoms with Gasteiger partial charge in [-0.2, -0.15) is 20.9 Å². The van der Waals surface area contributed by atoms with Crippen LogP contribution in [0.1, 0.15) is 39.3 Å². The maximum Gasteiger partial charge on any atom is 2.00 e. The average Bonchev–Trinajstić information content (AvgIpc) is 2.59. The number of hydrogen-bond donors (Lipinski definition) is 0. The molecule has 1 heterocycles. The number of aromatic nitrogens is 1. The summed E-state index contributed by atoms with van der Waals surface area (Å²) in [7, 11) is 0. The van der Waals surface area contributed by atoms with E-state index in [0.717, 1.165) is 12.1 Å². The molecule has 4 nitrogen and oxygen atoms in total. The monoisotopic (exact) mass is 605 g/mol. The van der Waals surface area contributed by atoms with Crippen LogP contribution in [-0.2, 0) is 0 Å². The van der Waals surface area contributed by atoms with Crippen molar-refractivity contribution < 1.29 is 63.0 Å².